The van der Waals surface area contributed by atoms with E-state index in [1.807, 2.05) is 0 Å². The maximum absolute atomic E-state index is 12.7. The molecule has 0 aliphatic carbocycles. The minimum Gasteiger partial charge on any atom is -0.325 e. The lowest BCUT2D eigenvalue weighted by Gasteiger charge is -2.15. The summed E-state index contributed by atoms with van der Waals surface area (Å²) in [5.41, 5.74) is -0.0299. The lowest BCUT2D eigenvalue weighted by Crippen LogP contribution is -2.32. The zero-order chi connectivity index (χ0) is 26.0. The highest BCUT2D eigenvalue weighted by Gasteiger charge is 2.35. The van der Waals surface area contributed by atoms with E-state index in [2.05, 4.69) is 0 Å². The predicted octanol–water partition coefficient (Wildman–Crippen LogP) is 4.23. The van der Waals surface area contributed by atoms with Crippen LogP contribution in [0.3, 0.4) is 0 Å². The number of imide groups is 2. The van der Waals surface area contributed by atoms with Crippen LogP contribution in [-0.4, -0.2) is 45.7 Å². The van der Waals surface area contributed by atoms with Crippen LogP contribution in [0.5, 0.6) is 0 Å². The van der Waals surface area contributed by atoms with Crippen LogP contribution in [0.2, 0.25) is 10.0 Å². The van der Waals surface area contributed by atoms with Gasteiger partial charge in [0.15, 0.2) is 0 Å². The molecule has 4 rings (SSSR count). The van der Waals surface area contributed by atoms with Gasteiger partial charge in [-0.15, -0.1) is 10.1 Å². The van der Waals surface area contributed by atoms with E-state index in [1.165, 1.54) is 36.4 Å². The van der Waals surface area contributed by atoms with E-state index in [9.17, 15) is 28.8 Å². The summed E-state index contributed by atoms with van der Waals surface area (Å²) in [6.45, 7) is 0. The van der Waals surface area contributed by atoms with Gasteiger partial charge >= 0.3 is 11.9 Å². The number of benzene rings is 2. The molecule has 4 amide bonds. The Morgan fingerprint density at radius 1 is 0.639 bits per heavy atom. The first-order valence-electron chi connectivity index (χ1n) is 10.2. The van der Waals surface area contributed by atoms with Crippen molar-refractivity contribution in [1.29, 1.82) is 0 Å². The standard InChI is InChI=1S/C22H14Cl2N2O8S2/c23-11-1-3-15(13(9-11)21(31)33-25-17(27)5-6-18(25)28)35-36-16-4-2-12(24)10-14(16)22(32)34-26-19(29)7-8-20(26)30/h1-4,9-10H,5-8H2. The topological polar surface area (TPSA) is 127 Å². The fraction of sp³-hybridized carbons (Fsp3) is 0.182. The molecule has 10 nitrogen and oxygen atoms in total. The second kappa shape index (κ2) is 10.9. The summed E-state index contributed by atoms with van der Waals surface area (Å²) in [5, 5.41) is 1.29. The summed E-state index contributed by atoms with van der Waals surface area (Å²) >= 11 is 12.1. The number of nitrogens with zero attached hydrogens (tertiary/aromatic N) is 2. The van der Waals surface area contributed by atoms with Crippen LogP contribution in [0, 0.1) is 0 Å². The molecule has 2 heterocycles. The second-order valence-corrected chi connectivity index (χ2v) is 10.5. The molecule has 0 unspecified atom stereocenters. The molecule has 0 spiro atoms. The van der Waals surface area contributed by atoms with Crippen molar-refractivity contribution in [2.75, 3.05) is 0 Å². The van der Waals surface area contributed by atoms with Gasteiger partial charge in [0, 0.05) is 45.5 Å². The van der Waals surface area contributed by atoms with E-state index in [-0.39, 0.29) is 46.9 Å². The van der Waals surface area contributed by atoms with E-state index in [0.717, 1.165) is 21.6 Å². The number of hydroxylamine groups is 4. The number of rotatable bonds is 7. The summed E-state index contributed by atoms with van der Waals surface area (Å²) in [4.78, 5) is 83.4. The van der Waals surface area contributed by atoms with Crippen LogP contribution in [0.1, 0.15) is 46.4 Å². The lowest BCUT2D eigenvalue weighted by atomic mass is 10.2. The molecule has 186 valence electrons. The Bertz CT molecular complexity index is 1190. The van der Waals surface area contributed by atoms with E-state index in [4.69, 9.17) is 32.9 Å². The molecule has 0 bridgehead atoms. The van der Waals surface area contributed by atoms with E-state index >= 15 is 0 Å². The smallest absolute Gasteiger partial charge is 0.325 e. The van der Waals surface area contributed by atoms with Crippen molar-refractivity contribution >= 4 is 80.4 Å². The third-order valence-electron chi connectivity index (χ3n) is 4.90. The quantitative estimate of drug-likeness (QED) is 0.353. The van der Waals surface area contributed by atoms with Crippen molar-refractivity contribution in [3.8, 4) is 0 Å². The van der Waals surface area contributed by atoms with Gasteiger partial charge in [-0.3, -0.25) is 19.2 Å². The number of halogens is 2. The van der Waals surface area contributed by atoms with Gasteiger partial charge in [-0.25, -0.2) is 9.59 Å². The monoisotopic (exact) mass is 568 g/mol. The van der Waals surface area contributed by atoms with Crippen molar-refractivity contribution in [1.82, 2.24) is 10.1 Å². The Balaban J connectivity index is 1.53. The van der Waals surface area contributed by atoms with Gasteiger partial charge in [0.25, 0.3) is 23.6 Å². The molecule has 36 heavy (non-hydrogen) atoms. The summed E-state index contributed by atoms with van der Waals surface area (Å²) in [7, 11) is 2.10. The molecule has 0 aromatic heterocycles. The van der Waals surface area contributed by atoms with Crippen LogP contribution in [-0.2, 0) is 28.9 Å². The van der Waals surface area contributed by atoms with Crippen LogP contribution in [0.15, 0.2) is 46.2 Å². The Kier molecular flexibility index (Phi) is 7.88. The van der Waals surface area contributed by atoms with Crippen molar-refractivity contribution < 1.29 is 38.4 Å². The van der Waals surface area contributed by atoms with E-state index < -0.39 is 35.6 Å². The van der Waals surface area contributed by atoms with Crippen molar-refractivity contribution in [3.05, 3.63) is 57.6 Å². The summed E-state index contributed by atoms with van der Waals surface area (Å²) < 4.78 is 0. The normalized spacial score (nSPS) is 15.6. The minimum absolute atomic E-state index is 0.0150. The fourth-order valence-corrected chi connectivity index (χ4v) is 5.78. The molecule has 2 aliphatic rings. The van der Waals surface area contributed by atoms with Gasteiger partial charge in [-0.05, 0) is 36.4 Å². The third-order valence-corrected chi connectivity index (χ3v) is 7.86. The Labute approximate surface area is 221 Å². The van der Waals surface area contributed by atoms with Gasteiger partial charge in [-0.2, -0.15) is 0 Å². The highest BCUT2D eigenvalue weighted by Crippen LogP contribution is 2.42. The van der Waals surface area contributed by atoms with Crippen LogP contribution in [0.4, 0.5) is 0 Å². The Morgan fingerprint density at radius 3 is 1.31 bits per heavy atom. The highest BCUT2D eigenvalue weighted by atomic mass is 35.5. The van der Waals surface area contributed by atoms with Gasteiger partial charge in [0.1, 0.15) is 0 Å². The second-order valence-electron chi connectivity index (χ2n) is 7.37. The number of hydrogen-bond acceptors (Lipinski definition) is 10. The molecule has 2 aromatic rings. The molecule has 2 saturated heterocycles. The van der Waals surface area contributed by atoms with Crippen LogP contribution < -0.4 is 0 Å². The molecule has 0 saturated carbocycles. The largest absolute Gasteiger partial charge is 0.365 e. The van der Waals surface area contributed by atoms with Gasteiger partial charge in [-0.1, -0.05) is 44.8 Å². The summed E-state index contributed by atoms with van der Waals surface area (Å²) in [6.07, 6.45) is -0.210. The van der Waals surface area contributed by atoms with Crippen molar-refractivity contribution in [2.45, 2.75) is 35.5 Å². The Hall–Kier alpha value is -3.06. The zero-order valence-electron chi connectivity index (χ0n) is 18.0. The van der Waals surface area contributed by atoms with Crippen molar-refractivity contribution in [2.24, 2.45) is 0 Å². The SMILES string of the molecule is O=C(ON1C(=O)CCC1=O)c1cc(Cl)ccc1SSc1ccc(Cl)cc1C(=O)ON1C(=O)CCC1=O. The lowest BCUT2D eigenvalue weighted by molar-refractivity contribution is -0.173. The average molecular weight is 569 g/mol. The maximum atomic E-state index is 12.7. The first-order chi connectivity index (χ1) is 17.1. The molecular weight excluding hydrogens is 555 g/mol. The molecule has 0 radical (unpaired) electrons. The number of carbonyl (C=O) groups is 6. The van der Waals surface area contributed by atoms with Gasteiger partial charge < -0.3 is 9.68 Å². The Morgan fingerprint density at radius 2 is 0.972 bits per heavy atom. The van der Waals surface area contributed by atoms with Gasteiger partial charge in [0.05, 0.1) is 11.1 Å². The first kappa shape index (κ1) is 26.0. The molecule has 0 atom stereocenters. The van der Waals surface area contributed by atoms with Crippen LogP contribution >= 0.6 is 44.8 Å². The summed E-state index contributed by atoms with van der Waals surface area (Å²) in [5.74, 6) is -4.44. The number of hydrogen-bond donors (Lipinski definition) is 0. The molecule has 2 fully saturated rings. The molecule has 2 aromatic carbocycles. The zero-order valence-corrected chi connectivity index (χ0v) is 21.2. The highest BCUT2D eigenvalue weighted by molar-refractivity contribution is 8.76. The third kappa shape index (κ3) is 5.67. The van der Waals surface area contributed by atoms with Crippen molar-refractivity contribution in [3.63, 3.8) is 0 Å². The van der Waals surface area contributed by atoms with E-state index in [1.54, 1.807) is 0 Å². The minimum atomic E-state index is -0.967. The number of carbonyl (C=O) groups excluding carboxylic acids is 6. The number of amides is 4. The molecule has 2 aliphatic heterocycles. The first-order valence-corrected chi connectivity index (χ1v) is 13.1. The molecule has 0 N–H and O–H groups in total. The predicted molar refractivity (Wildman–Crippen MR) is 128 cm³/mol. The average Bonchev–Trinajstić information content (AvgIpc) is 3.33. The molecular formula is C22H14Cl2N2O8S2. The van der Waals surface area contributed by atoms with Crippen LogP contribution in [0.25, 0.3) is 0 Å². The maximum Gasteiger partial charge on any atom is 0.365 e. The summed E-state index contributed by atoms with van der Waals surface area (Å²) in [6, 6.07) is 8.74. The van der Waals surface area contributed by atoms with E-state index in [0.29, 0.717) is 19.9 Å². The molecule has 14 heteroatoms. The van der Waals surface area contributed by atoms with Gasteiger partial charge in [0.2, 0.25) is 0 Å². The fourth-order valence-electron chi connectivity index (χ4n) is 3.14.